The van der Waals surface area contributed by atoms with Crippen molar-refractivity contribution in [1.29, 1.82) is 0 Å². The standard InChI is InChI=1S/C19H21N5O3/c1-26-19(25)14-3-2-4-16(11-14)27-10-9-23-7-6-21-18(23)17-12-15-13-20-5-8-24(15)22-17/h2-4,6-7,11-12,20H,5,8-10,13H2,1H3. The van der Waals surface area contributed by atoms with Crippen LogP contribution in [-0.4, -0.2) is 45.6 Å². The maximum atomic E-state index is 11.6. The van der Waals surface area contributed by atoms with E-state index in [9.17, 15) is 4.79 Å². The summed E-state index contributed by atoms with van der Waals surface area (Å²) in [4.78, 5) is 16.1. The van der Waals surface area contributed by atoms with Crippen LogP contribution in [0, 0.1) is 0 Å². The minimum absolute atomic E-state index is 0.379. The summed E-state index contributed by atoms with van der Waals surface area (Å²) in [6, 6.07) is 9.04. The lowest BCUT2D eigenvalue weighted by Gasteiger charge is -2.13. The average Bonchev–Trinajstić information content (AvgIpc) is 3.34. The number of rotatable bonds is 6. The quantitative estimate of drug-likeness (QED) is 0.668. The van der Waals surface area contributed by atoms with E-state index in [1.165, 1.54) is 12.8 Å². The number of hydrogen-bond acceptors (Lipinski definition) is 6. The Morgan fingerprint density at radius 3 is 3.11 bits per heavy atom. The van der Waals surface area contributed by atoms with Crippen molar-refractivity contribution >= 4 is 5.97 Å². The molecule has 140 valence electrons. The number of aromatic nitrogens is 4. The van der Waals surface area contributed by atoms with Crippen molar-refractivity contribution in [1.82, 2.24) is 24.6 Å². The van der Waals surface area contributed by atoms with Gasteiger partial charge in [0.05, 0.1) is 31.5 Å². The number of hydrogen-bond donors (Lipinski definition) is 1. The smallest absolute Gasteiger partial charge is 0.337 e. The normalized spacial score (nSPS) is 13.2. The molecule has 0 unspecified atom stereocenters. The summed E-state index contributed by atoms with van der Waals surface area (Å²) in [6.07, 6.45) is 3.68. The predicted molar refractivity (Wildman–Crippen MR) is 98.4 cm³/mol. The fourth-order valence-electron chi connectivity index (χ4n) is 3.12. The van der Waals surface area contributed by atoms with Crippen molar-refractivity contribution < 1.29 is 14.3 Å². The number of nitrogens with one attached hydrogen (secondary N) is 1. The van der Waals surface area contributed by atoms with Crippen LogP contribution in [0.15, 0.2) is 42.7 Å². The van der Waals surface area contributed by atoms with E-state index in [4.69, 9.17) is 9.47 Å². The van der Waals surface area contributed by atoms with E-state index in [1.807, 2.05) is 21.5 Å². The SMILES string of the molecule is COC(=O)c1cccc(OCCn2ccnc2-c2cc3n(n2)CCNC3)c1. The summed E-state index contributed by atoms with van der Waals surface area (Å²) in [7, 11) is 1.36. The Morgan fingerprint density at radius 1 is 1.33 bits per heavy atom. The summed E-state index contributed by atoms with van der Waals surface area (Å²) in [5, 5.41) is 8.00. The Kier molecular flexibility index (Phi) is 4.88. The van der Waals surface area contributed by atoms with Crippen LogP contribution < -0.4 is 10.1 Å². The maximum absolute atomic E-state index is 11.6. The van der Waals surface area contributed by atoms with Crippen LogP contribution in [0.4, 0.5) is 0 Å². The van der Waals surface area contributed by atoms with E-state index in [0.717, 1.165) is 31.2 Å². The van der Waals surface area contributed by atoms with Crippen LogP contribution >= 0.6 is 0 Å². The van der Waals surface area contributed by atoms with Gasteiger partial charge in [0.15, 0.2) is 5.82 Å². The van der Waals surface area contributed by atoms with Gasteiger partial charge in [-0.2, -0.15) is 5.10 Å². The highest BCUT2D eigenvalue weighted by molar-refractivity contribution is 5.89. The highest BCUT2D eigenvalue weighted by Crippen LogP contribution is 2.19. The molecular formula is C19H21N5O3. The molecule has 1 aliphatic heterocycles. The van der Waals surface area contributed by atoms with Crippen LogP contribution in [0.3, 0.4) is 0 Å². The van der Waals surface area contributed by atoms with Gasteiger partial charge in [-0.05, 0) is 24.3 Å². The monoisotopic (exact) mass is 367 g/mol. The van der Waals surface area contributed by atoms with Crippen LogP contribution in [0.25, 0.3) is 11.5 Å². The van der Waals surface area contributed by atoms with E-state index in [-0.39, 0.29) is 5.97 Å². The fraction of sp³-hybridized carbons (Fsp3) is 0.316. The second kappa shape index (κ2) is 7.63. The lowest BCUT2D eigenvalue weighted by Crippen LogP contribution is -2.28. The van der Waals surface area contributed by atoms with Crippen LogP contribution in [0.2, 0.25) is 0 Å². The van der Waals surface area contributed by atoms with Gasteiger partial charge < -0.3 is 19.4 Å². The van der Waals surface area contributed by atoms with E-state index in [1.54, 1.807) is 24.4 Å². The van der Waals surface area contributed by atoms with Crippen molar-refractivity contribution in [3.63, 3.8) is 0 Å². The number of benzene rings is 1. The molecular weight excluding hydrogens is 346 g/mol. The number of esters is 1. The van der Waals surface area contributed by atoms with E-state index < -0.39 is 0 Å². The zero-order valence-electron chi connectivity index (χ0n) is 15.1. The van der Waals surface area contributed by atoms with Gasteiger partial charge in [-0.15, -0.1) is 0 Å². The molecule has 1 aromatic carbocycles. The third-order valence-electron chi connectivity index (χ3n) is 4.47. The molecule has 0 fully saturated rings. The van der Waals surface area contributed by atoms with Gasteiger partial charge in [-0.1, -0.05) is 6.07 Å². The molecule has 0 atom stereocenters. The number of ether oxygens (including phenoxy) is 2. The Balaban J connectivity index is 1.42. The first kappa shape index (κ1) is 17.3. The summed E-state index contributed by atoms with van der Waals surface area (Å²) >= 11 is 0. The molecule has 0 bridgehead atoms. The highest BCUT2D eigenvalue weighted by Gasteiger charge is 2.16. The third kappa shape index (κ3) is 3.70. The van der Waals surface area contributed by atoms with E-state index in [2.05, 4.69) is 21.5 Å². The Morgan fingerprint density at radius 2 is 2.26 bits per heavy atom. The first-order valence-corrected chi connectivity index (χ1v) is 8.85. The molecule has 27 heavy (non-hydrogen) atoms. The van der Waals surface area contributed by atoms with Crippen molar-refractivity contribution in [2.45, 2.75) is 19.6 Å². The Labute approximate surface area is 156 Å². The first-order valence-electron chi connectivity index (χ1n) is 8.85. The molecule has 0 saturated heterocycles. The summed E-state index contributed by atoms with van der Waals surface area (Å²) in [6.45, 7) is 3.70. The molecule has 0 amide bonds. The number of carbonyl (C=O) groups is 1. The zero-order valence-corrected chi connectivity index (χ0v) is 15.1. The highest BCUT2D eigenvalue weighted by atomic mass is 16.5. The summed E-state index contributed by atoms with van der Waals surface area (Å²) < 4.78 is 14.6. The van der Waals surface area contributed by atoms with Crippen LogP contribution in [-0.2, 0) is 24.4 Å². The first-order chi connectivity index (χ1) is 13.2. The van der Waals surface area contributed by atoms with Gasteiger partial charge in [0.1, 0.15) is 18.1 Å². The number of methoxy groups -OCH3 is 1. The zero-order chi connectivity index (χ0) is 18.6. The van der Waals surface area contributed by atoms with Crippen molar-refractivity contribution in [3.8, 4) is 17.3 Å². The largest absolute Gasteiger partial charge is 0.492 e. The van der Waals surface area contributed by atoms with Crippen molar-refractivity contribution in [2.75, 3.05) is 20.3 Å². The molecule has 4 rings (SSSR count). The van der Waals surface area contributed by atoms with Gasteiger partial charge in [0.25, 0.3) is 0 Å². The number of carbonyl (C=O) groups excluding carboxylic acids is 1. The number of fused-ring (bicyclic) bond motifs is 1. The van der Waals surface area contributed by atoms with Crippen LogP contribution in [0.5, 0.6) is 5.75 Å². The van der Waals surface area contributed by atoms with Gasteiger partial charge in [0, 0.05) is 25.5 Å². The summed E-state index contributed by atoms with van der Waals surface area (Å²) in [5.74, 6) is 1.07. The number of nitrogens with zero attached hydrogens (tertiary/aromatic N) is 4. The molecule has 8 heteroatoms. The molecule has 8 nitrogen and oxygen atoms in total. The average molecular weight is 367 g/mol. The van der Waals surface area contributed by atoms with Crippen LogP contribution in [0.1, 0.15) is 16.1 Å². The van der Waals surface area contributed by atoms with Gasteiger partial charge in [-0.3, -0.25) is 4.68 Å². The molecule has 2 aromatic heterocycles. The van der Waals surface area contributed by atoms with Gasteiger partial charge >= 0.3 is 5.97 Å². The van der Waals surface area contributed by atoms with Crippen molar-refractivity contribution in [2.24, 2.45) is 0 Å². The second-order valence-electron chi connectivity index (χ2n) is 6.23. The molecule has 1 aliphatic rings. The van der Waals surface area contributed by atoms with E-state index in [0.29, 0.717) is 24.5 Å². The predicted octanol–water partition coefficient (Wildman–Crippen LogP) is 1.72. The van der Waals surface area contributed by atoms with Crippen molar-refractivity contribution in [3.05, 3.63) is 54.0 Å². The Hall–Kier alpha value is -3.13. The number of imidazole rings is 1. The minimum Gasteiger partial charge on any atom is -0.492 e. The fourth-order valence-corrected chi connectivity index (χ4v) is 3.12. The molecule has 3 aromatic rings. The molecule has 0 spiro atoms. The Bertz CT molecular complexity index is 923. The minimum atomic E-state index is -0.379. The van der Waals surface area contributed by atoms with Gasteiger partial charge in [-0.25, -0.2) is 9.78 Å². The molecule has 0 aliphatic carbocycles. The molecule has 0 saturated carbocycles. The van der Waals surface area contributed by atoms with Gasteiger partial charge in [0.2, 0.25) is 0 Å². The molecule has 1 N–H and O–H groups in total. The topological polar surface area (TPSA) is 83.2 Å². The molecule has 3 heterocycles. The summed E-state index contributed by atoms with van der Waals surface area (Å²) in [5.41, 5.74) is 2.50. The lowest BCUT2D eigenvalue weighted by molar-refractivity contribution is 0.0600. The maximum Gasteiger partial charge on any atom is 0.337 e. The lowest BCUT2D eigenvalue weighted by atomic mass is 10.2. The molecule has 0 radical (unpaired) electrons. The van der Waals surface area contributed by atoms with E-state index >= 15 is 0 Å². The second-order valence-corrected chi connectivity index (χ2v) is 6.23. The third-order valence-corrected chi connectivity index (χ3v) is 4.47.